The number of nitro groups is 1. The molecule has 1 N–H and O–H groups in total. The molecule has 9 nitrogen and oxygen atoms in total. The van der Waals surface area contributed by atoms with Crippen LogP contribution >= 0.6 is 0 Å². The third-order valence-corrected chi connectivity index (χ3v) is 3.02. The van der Waals surface area contributed by atoms with Crippen LogP contribution < -0.4 is 14.9 Å². The zero-order chi connectivity index (χ0) is 17.5. The number of hydrogen-bond donors (Lipinski definition) is 1. The second-order valence-electron chi connectivity index (χ2n) is 4.46. The molecule has 0 radical (unpaired) electrons. The Balaban J connectivity index is 2.24. The number of hydrogen-bond acceptors (Lipinski definition) is 7. The molecule has 0 bridgehead atoms. The summed E-state index contributed by atoms with van der Waals surface area (Å²) < 4.78 is 10.1. The molecule has 0 fully saturated rings. The maximum absolute atomic E-state index is 11.8. The molecule has 9 heteroatoms. The zero-order valence-corrected chi connectivity index (χ0v) is 12.9. The largest absolute Gasteiger partial charge is 0.493 e. The number of nitrogens with zero attached hydrogens (tertiary/aromatic N) is 3. The number of benzene rings is 1. The van der Waals surface area contributed by atoms with Crippen molar-refractivity contribution in [3.05, 3.63) is 57.9 Å². The molecule has 1 amide bonds. The van der Waals surface area contributed by atoms with Crippen LogP contribution in [-0.4, -0.2) is 36.2 Å². The molecule has 1 heterocycles. The van der Waals surface area contributed by atoms with Crippen LogP contribution in [0.15, 0.2) is 41.8 Å². The summed E-state index contributed by atoms with van der Waals surface area (Å²) in [5, 5.41) is 14.9. The maximum Gasteiger partial charge on any atom is 0.282 e. The van der Waals surface area contributed by atoms with E-state index in [4.69, 9.17) is 9.47 Å². The third-order valence-electron chi connectivity index (χ3n) is 3.02. The number of nitro benzene ring substituents is 1. The lowest BCUT2D eigenvalue weighted by Gasteiger charge is -2.08. The van der Waals surface area contributed by atoms with Crippen LogP contribution in [0.3, 0.4) is 0 Å². The van der Waals surface area contributed by atoms with Gasteiger partial charge in [-0.2, -0.15) is 5.10 Å². The van der Waals surface area contributed by atoms with E-state index in [1.807, 2.05) is 0 Å². The van der Waals surface area contributed by atoms with E-state index in [1.165, 1.54) is 38.7 Å². The number of aromatic nitrogens is 1. The summed E-state index contributed by atoms with van der Waals surface area (Å²) in [4.78, 5) is 26.2. The number of nitrogens with one attached hydrogen (secondary N) is 1. The van der Waals surface area contributed by atoms with E-state index in [9.17, 15) is 14.9 Å². The Morgan fingerprint density at radius 1 is 1.33 bits per heavy atom. The van der Waals surface area contributed by atoms with E-state index in [2.05, 4.69) is 15.5 Å². The molecular formula is C15H14N4O5. The SMILES string of the molecule is COc1cc(/C=N\NC(=O)c2cccnc2)c([N+](=O)[O-])cc1OC. The van der Waals surface area contributed by atoms with E-state index in [1.54, 1.807) is 12.1 Å². The number of hydrazone groups is 1. The van der Waals surface area contributed by atoms with E-state index >= 15 is 0 Å². The molecule has 0 saturated carbocycles. The molecule has 24 heavy (non-hydrogen) atoms. The third kappa shape index (κ3) is 3.83. The number of ether oxygens (including phenoxy) is 2. The van der Waals surface area contributed by atoms with Gasteiger partial charge in [-0.05, 0) is 18.2 Å². The number of methoxy groups -OCH3 is 2. The van der Waals surface area contributed by atoms with Gasteiger partial charge in [0.15, 0.2) is 11.5 Å². The van der Waals surface area contributed by atoms with E-state index < -0.39 is 10.8 Å². The van der Waals surface area contributed by atoms with Crippen molar-refractivity contribution in [1.82, 2.24) is 10.4 Å². The predicted octanol–water partition coefficient (Wildman–Crippen LogP) is 1.77. The summed E-state index contributed by atoms with van der Waals surface area (Å²) in [6.07, 6.45) is 4.07. The van der Waals surface area contributed by atoms with E-state index in [0.717, 1.165) is 6.21 Å². The lowest BCUT2D eigenvalue weighted by atomic mass is 10.1. The Kier molecular flexibility index (Phi) is 5.40. The molecule has 1 aromatic carbocycles. The van der Waals surface area contributed by atoms with Gasteiger partial charge in [-0.25, -0.2) is 5.43 Å². The Hall–Kier alpha value is -3.49. The number of carbonyl (C=O) groups excluding carboxylic acids is 1. The highest BCUT2D eigenvalue weighted by atomic mass is 16.6. The molecule has 0 spiro atoms. The van der Waals surface area contributed by atoms with Gasteiger partial charge in [0.25, 0.3) is 11.6 Å². The summed E-state index contributed by atoms with van der Waals surface area (Å²) in [6.45, 7) is 0. The number of rotatable bonds is 6. The van der Waals surface area contributed by atoms with Crippen LogP contribution in [0.4, 0.5) is 5.69 Å². The standard InChI is InChI=1S/C15H14N4O5/c1-23-13-6-11(12(19(21)22)7-14(13)24-2)9-17-18-15(20)10-4-3-5-16-8-10/h3-9H,1-2H3,(H,18,20)/b17-9-. The number of carbonyl (C=O) groups is 1. The van der Waals surface area contributed by atoms with Gasteiger partial charge >= 0.3 is 0 Å². The zero-order valence-electron chi connectivity index (χ0n) is 12.9. The van der Waals surface area contributed by atoms with Crippen LogP contribution in [0.5, 0.6) is 11.5 Å². The van der Waals surface area contributed by atoms with Gasteiger partial charge in [0.05, 0.1) is 42.6 Å². The summed E-state index contributed by atoms with van der Waals surface area (Å²) >= 11 is 0. The van der Waals surface area contributed by atoms with Crippen LogP contribution in [0.1, 0.15) is 15.9 Å². The smallest absolute Gasteiger partial charge is 0.282 e. The Bertz CT molecular complexity index is 777. The van der Waals surface area contributed by atoms with Gasteiger partial charge in [-0.15, -0.1) is 0 Å². The van der Waals surface area contributed by atoms with Crippen molar-refractivity contribution in [1.29, 1.82) is 0 Å². The van der Waals surface area contributed by atoms with Crippen molar-refractivity contribution in [3.8, 4) is 11.5 Å². The Morgan fingerprint density at radius 2 is 2.04 bits per heavy atom. The van der Waals surface area contributed by atoms with Crippen molar-refractivity contribution in [2.75, 3.05) is 14.2 Å². The molecule has 1 aromatic heterocycles. The molecule has 2 rings (SSSR count). The fourth-order valence-electron chi connectivity index (χ4n) is 1.87. The minimum atomic E-state index is -0.577. The second kappa shape index (κ2) is 7.68. The van der Waals surface area contributed by atoms with Gasteiger partial charge in [0, 0.05) is 12.4 Å². The Labute approximate surface area is 137 Å². The number of amides is 1. The first kappa shape index (κ1) is 16.9. The van der Waals surface area contributed by atoms with Crippen molar-refractivity contribution in [2.24, 2.45) is 5.10 Å². The summed E-state index contributed by atoms with van der Waals surface area (Å²) in [5.74, 6) is 0.0476. The molecular weight excluding hydrogens is 316 g/mol. The molecule has 0 unspecified atom stereocenters. The fourth-order valence-corrected chi connectivity index (χ4v) is 1.87. The van der Waals surface area contributed by atoms with Crippen LogP contribution in [0.25, 0.3) is 0 Å². The van der Waals surface area contributed by atoms with E-state index in [0.29, 0.717) is 11.3 Å². The van der Waals surface area contributed by atoms with Crippen LogP contribution in [0, 0.1) is 10.1 Å². The lowest BCUT2D eigenvalue weighted by molar-refractivity contribution is -0.385. The highest BCUT2D eigenvalue weighted by Crippen LogP contribution is 2.33. The number of pyridine rings is 1. The maximum atomic E-state index is 11.8. The molecule has 0 atom stereocenters. The first-order valence-corrected chi connectivity index (χ1v) is 6.70. The predicted molar refractivity (Wildman–Crippen MR) is 85.5 cm³/mol. The normalized spacial score (nSPS) is 10.4. The van der Waals surface area contributed by atoms with Crippen LogP contribution in [-0.2, 0) is 0 Å². The van der Waals surface area contributed by atoms with E-state index in [-0.39, 0.29) is 17.0 Å². The Morgan fingerprint density at radius 3 is 2.62 bits per heavy atom. The molecule has 0 saturated heterocycles. The topological polar surface area (TPSA) is 116 Å². The van der Waals surface area contributed by atoms with Crippen molar-refractivity contribution in [2.45, 2.75) is 0 Å². The second-order valence-corrected chi connectivity index (χ2v) is 4.46. The highest BCUT2D eigenvalue weighted by molar-refractivity contribution is 5.95. The monoisotopic (exact) mass is 330 g/mol. The van der Waals surface area contributed by atoms with Gasteiger partial charge in [-0.3, -0.25) is 19.9 Å². The minimum Gasteiger partial charge on any atom is -0.493 e. The molecule has 0 aliphatic rings. The summed E-state index contributed by atoms with van der Waals surface area (Å²) in [7, 11) is 2.79. The summed E-state index contributed by atoms with van der Waals surface area (Å²) in [6, 6.07) is 5.80. The fraction of sp³-hybridized carbons (Fsp3) is 0.133. The van der Waals surface area contributed by atoms with Crippen molar-refractivity contribution < 1.29 is 19.2 Å². The van der Waals surface area contributed by atoms with Crippen molar-refractivity contribution in [3.63, 3.8) is 0 Å². The lowest BCUT2D eigenvalue weighted by Crippen LogP contribution is -2.17. The van der Waals surface area contributed by atoms with Gasteiger partial charge in [0.1, 0.15) is 0 Å². The van der Waals surface area contributed by atoms with Gasteiger partial charge < -0.3 is 9.47 Å². The quantitative estimate of drug-likeness (QED) is 0.490. The van der Waals surface area contributed by atoms with Gasteiger partial charge in [-0.1, -0.05) is 0 Å². The van der Waals surface area contributed by atoms with Gasteiger partial charge in [0.2, 0.25) is 0 Å². The van der Waals surface area contributed by atoms with Crippen LogP contribution in [0.2, 0.25) is 0 Å². The average molecular weight is 330 g/mol. The van der Waals surface area contributed by atoms with Crippen molar-refractivity contribution >= 4 is 17.8 Å². The molecule has 124 valence electrons. The highest BCUT2D eigenvalue weighted by Gasteiger charge is 2.18. The average Bonchev–Trinajstić information content (AvgIpc) is 2.61. The minimum absolute atomic E-state index is 0.157. The molecule has 0 aliphatic carbocycles. The first-order chi connectivity index (χ1) is 11.6. The summed E-state index contributed by atoms with van der Waals surface area (Å²) in [5.41, 5.74) is 2.52. The molecule has 2 aromatic rings. The molecule has 0 aliphatic heterocycles. The first-order valence-electron chi connectivity index (χ1n) is 6.70.